The molecular weight excluding hydrogens is 256 g/mol. The molecule has 0 radical (unpaired) electrons. The number of rotatable bonds is 6. The minimum atomic E-state index is 0.700. The molecule has 21 heavy (non-hydrogen) atoms. The van der Waals surface area contributed by atoms with Gasteiger partial charge in [0.05, 0.1) is 0 Å². The fourth-order valence-corrected chi connectivity index (χ4v) is 3.68. The summed E-state index contributed by atoms with van der Waals surface area (Å²) in [5.74, 6) is 1.64. The molecule has 0 heterocycles. The van der Waals surface area contributed by atoms with Gasteiger partial charge in [0.15, 0.2) is 0 Å². The van der Waals surface area contributed by atoms with Gasteiger partial charge in [-0.1, -0.05) is 51.0 Å². The van der Waals surface area contributed by atoms with Gasteiger partial charge in [-0.2, -0.15) is 0 Å². The largest absolute Gasteiger partial charge is 0.310 e. The van der Waals surface area contributed by atoms with Crippen LogP contribution < -0.4 is 5.32 Å². The van der Waals surface area contributed by atoms with Crippen LogP contribution >= 0.6 is 0 Å². The van der Waals surface area contributed by atoms with Crippen molar-refractivity contribution >= 4 is 0 Å². The van der Waals surface area contributed by atoms with Crippen LogP contribution in [0.5, 0.6) is 0 Å². The molecule has 2 unspecified atom stereocenters. The molecule has 1 aliphatic carbocycles. The first kappa shape index (κ1) is 16.5. The molecule has 2 nitrogen and oxygen atoms in total. The van der Waals surface area contributed by atoms with E-state index in [0.29, 0.717) is 6.04 Å². The Hall–Kier alpha value is -0.860. The number of benzene rings is 1. The SMILES string of the molecule is CC(C)C1CCCCC1NCc1ccccc1CN(C)C. The van der Waals surface area contributed by atoms with Crippen molar-refractivity contribution < 1.29 is 0 Å². The monoisotopic (exact) mass is 288 g/mol. The zero-order valence-corrected chi connectivity index (χ0v) is 14.2. The number of hydrogen-bond donors (Lipinski definition) is 1. The summed E-state index contributed by atoms with van der Waals surface area (Å²) in [7, 11) is 4.28. The molecule has 0 saturated heterocycles. The minimum absolute atomic E-state index is 0.700. The van der Waals surface area contributed by atoms with Crippen molar-refractivity contribution in [3.8, 4) is 0 Å². The average molecular weight is 288 g/mol. The maximum Gasteiger partial charge on any atom is 0.0230 e. The van der Waals surface area contributed by atoms with Crippen LogP contribution in [-0.2, 0) is 13.1 Å². The second-order valence-electron chi connectivity index (χ2n) is 7.19. The molecule has 1 N–H and O–H groups in total. The van der Waals surface area contributed by atoms with E-state index in [9.17, 15) is 0 Å². The van der Waals surface area contributed by atoms with Gasteiger partial charge in [-0.15, -0.1) is 0 Å². The number of nitrogens with zero attached hydrogens (tertiary/aromatic N) is 1. The van der Waals surface area contributed by atoms with Gasteiger partial charge in [-0.25, -0.2) is 0 Å². The molecule has 1 fully saturated rings. The Balaban J connectivity index is 1.98. The second-order valence-corrected chi connectivity index (χ2v) is 7.19. The van der Waals surface area contributed by atoms with Gasteiger partial charge < -0.3 is 10.2 Å². The highest BCUT2D eigenvalue weighted by Gasteiger charge is 2.26. The van der Waals surface area contributed by atoms with Crippen LogP contribution in [-0.4, -0.2) is 25.0 Å². The normalized spacial score (nSPS) is 23.0. The third kappa shape index (κ3) is 4.82. The summed E-state index contributed by atoms with van der Waals surface area (Å²) in [5.41, 5.74) is 2.91. The summed E-state index contributed by atoms with van der Waals surface area (Å²) >= 11 is 0. The lowest BCUT2D eigenvalue weighted by atomic mass is 9.78. The highest BCUT2D eigenvalue weighted by atomic mass is 15.0. The average Bonchev–Trinajstić information content (AvgIpc) is 2.46. The molecule has 2 heteroatoms. The van der Waals surface area contributed by atoms with Crippen LogP contribution in [0.4, 0.5) is 0 Å². The highest BCUT2D eigenvalue weighted by molar-refractivity contribution is 5.27. The first-order chi connectivity index (χ1) is 10.1. The van der Waals surface area contributed by atoms with E-state index >= 15 is 0 Å². The maximum atomic E-state index is 3.86. The van der Waals surface area contributed by atoms with E-state index in [1.807, 2.05) is 0 Å². The summed E-state index contributed by atoms with van der Waals surface area (Å²) in [4.78, 5) is 2.25. The third-order valence-electron chi connectivity index (χ3n) is 4.84. The Morgan fingerprint density at radius 1 is 1.10 bits per heavy atom. The van der Waals surface area contributed by atoms with Crippen molar-refractivity contribution in [3.05, 3.63) is 35.4 Å². The summed E-state index contributed by atoms with van der Waals surface area (Å²) in [6.07, 6.45) is 5.55. The van der Waals surface area contributed by atoms with Crippen molar-refractivity contribution in [3.63, 3.8) is 0 Å². The zero-order valence-electron chi connectivity index (χ0n) is 14.2. The maximum absolute atomic E-state index is 3.86. The minimum Gasteiger partial charge on any atom is -0.310 e. The lowest BCUT2D eigenvalue weighted by Gasteiger charge is -2.35. The van der Waals surface area contributed by atoms with Crippen LogP contribution in [0.2, 0.25) is 0 Å². The lowest BCUT2D eigenvalue weighted by Crippen LogP contribution is -2.40. The van der Waals surface area contributed by atoms with Crippen LogP contribution in [0.3, 0.4) is 0 Å². The number of hydrogen-bond acceptors (Lipinski definition) is 2. The van der Waals surface area contributed by atoms with Crippen LogP contribution in [0.25, 0.3) is 0 Å². The smallest absolute Gasteiger partial charge is 0.0230 e. The van der Waals surface area contributed by atoms with E-state index in [-0.39, 0.29) is 0 Å². The Bertz CT molecular complexity index is 425. The molecular formula is C19H32N2. The first-order valence-corrected chi connectivity index (χ1v) is 8.53. The Morgan fingerprint density at radius 2 is 1.76 bits per heavy atom. The van der Waals surface area contributed by atoms with Crippen molar-refractivity contribution in [1.29, 1.82) is 0 Å². The number of nitrogens with one attached hydrogen (secondary N) is 1. The fraction of sp³-hybridized carbons (Fsp3) is 0.684. The highest BCUT2D eigenvalue weighted by Crippen LogP contribution is 2.30. The van der Waals surface area contributed by atoms with Crippen molar-refractivity contribution in [2.45, 2.75) is 58.7 Å². The zero-order chi connectivity index (χ0) is 15.2. The summed E-state index contributed by atoms with van der Waals surface area (Å²) in [5, 5.41) is 3.86. The predicted molar refractivity (Wildman–Crippen MR) is 91.3 cm³/mol. The third-order valence-corrected chi connectivity index (χ3v) is 4.84. The Morgan fingerprint density at radius 3 is 2.43 bits per heavy atom. The summed E-state index contributed by atoms with van der Waals surface area (Å²) in [6, 6.07) is 9.55. The van der Waals surface area contributed by atoms with E-state index in [1.54, 1.807) is 0 Å². The molecule has 1 aromatic rings. The van der Waals surface area contributed by atoms with E-state index in [1.165, 1.54) is 36.8 Å². The van der Waals surface area contributed by atoms with Crippen LogP contribution in [0.15, 0.2) is 24.3 Å². The summed E-state index contributed by atoms with van der Waals surface area (Å²) in [6.45, 7) is 6.79. The molecule has 118 valence electrons. The Labute approximate surface area is 130 Å². The molecule has 0 spiro atoms. The fourth-order valence-electron chi connectivity index (χ4n) is 3.68. The van der Waals surface area contributed by atoms with Crippen molar-refractivity contribution in [1.82, 2.24) is 10.2 Å². The molecule has 2 atom stereocenters. The first-order valence-electron chi connectivity index (χ1n) is 8.53. The van der Waals surface area contributed by atoms with E-state index < -0.39 is 0 Å². The standard InChI is InChI=1S/C19H32N2/c1-15(2)18-11-7-8-12-19(18)20-13-16-9-5-6-10-17(16)14-21(3)4/h5-6,9-10,15,18-20H,7-8,11-14H2,1-4H3. The van der Waals surface area contributed by atoms with E-state index in [0.717, 1.165) is 24.9 Å². The molecule has 0 aliphatic heterocycles. The van der Waals surface area contributed by atoms with Gasteiger partial charge in [0.2, 0.25) is 0 Å². The van der Waals surface area contributed by atoms with Gasteiger partial charge in [-0.3, -0.25) is 0 Å². The molecule has 1 aliphatic rings. The molecule has 0 aromatic heterocycles. The van der Waals surface area contributed by atoms with Gasteiger partial charge in [0.1, 0.15) is 0 Å². The quantitative estimate of drug-likeness (QED) is 0.849. The van der Waals surface area contributed by atoms with Gasteiger partial charge in [-0.05, 0) is 49.9 Å². The van der Waals surface area contributed by atoms with Crippen molar-refractivity contribution in [2.75, 3.05) is 14.1 Å². The van der Waals surface area contributed by atoms with E-state index in [2.05, 4.69) is 62.4 Å². The lowest BCUT2D eigenvalue weighted by molar-refractivity contribution is 0.204. The van der Waals surface area contributed by atoms with Gasteiger partial charge in [0, 0.05) is 19.1 Å². The van der Waals surface area contributed by atoms with E-state index in [4.69, 9.17) is 0 Å². The van der Waals surface area contributed by atoms with Crippen LogP contribution in [0, 0.1) is 11.8 Å². The van der Waals surface area contributed by atoms with Gasteiger partial charge in [0.25, 0.3) is 0 Å². The van der Waals surface area contributed by atoms with Crippen molar-refractivity contribution in [2.24, 2.45) is 11.8 Å². The predicted octanol–water partition coefficient (Wildman–Crippen LogP) is 4.05. The molecule has 0 bridgehead atoms. The summed E-state index contributed by atoms with van der Waals surface area (Å²) < 4.78 is 0. The van der Waals surface area contributed by atoms with Gasteiger partial charge >= 0.3 is 0 Å². The Kier molecular flexibility index (Phi) is 6.25. The molecule has 1 aromatic carbocycles. The topological polar surface area (TPSA) is 15.3 Å². The molecule has 0 amide bonds. The molecule has 1 saturated carbocycles. The van der Waals surface area contributed by atoms with Crippen LogP contribution in [0.1, 0.15) is 50.7 Å². The molecule has 2 rings (SSSR count). The second kappa shape index (κ2) is 7.95.